The number of hydrogen-bond donors (Lipinski definition) is 0. The molecule has 1 unspecified atom stereocenters. The largest absolute Gasteiger partial charge is 0.375 e. The topological polar surface area (TPSA) is 21.6 Å². The summed E-state index contributed by atoms with van der Waals surface area (Å²) >= 11 is 4.50. The zero-order valence-electron chi connectivity index (χ0n) is 7.43. The summed E-state index contributed by atoms with van der Waals surface area (Å²) in [6.07, 6.45) is -0.0170. The molecule has 0 aliphatic heterocycles. The molecule has 1 aromatic carbocycles. The summed E-state index contributed by atoms with van der Waals surface area (Å²) in [6.45, 7) is 0.532. The van der Waals surface area contributed by atoms with E-state index in [0.29, 0.717) is 6.54 Å². The van der Waals surface area contributed by atoms with E-state index in [0.717, 1.165) is 5.56 Å². The van der Waals surface area contributed by atoms with Gasteiger partial charge in [-0.3, -0.25) is 0 Å². The average Bonchev–Trinajstić information content (AvgIpc) is 2.21. The van der Waals surface area contributed by atoms with Crippen LogP contribution in [0.3, 0.4) is 0 Å². The number of hydrogen-bond acceptors (Lipinski definition) is 3. The highest BCUT2D eigenvalue weighted by Crippen LogP contribution is 2.15. The molecule has 0 amide bonds. The minimum atomic E-state index is -0.0170. The van der Waals surface area contributed by atoms with E-state index >= 15 is 0 Å². The van der Waals surface area contributed by atoms with Crippen molar-refractivity contribution in [3.63, 3.8) is 0 Å². The van der Waals surface area contributed by atoms with Gasteiger partial charge in [0, 0.05) is 7.11 Å². The van der Waals surface area contributed by atoms with E-state index in [9.17, 15) is 0 Å². The first-order chi connectivity index (χ1) is 6.38. The molecule has 0 bridgehead atoms. The molecule has 0 saturated carbocycles. The minimum Gasteiger partial charge on any atom is -0.375 e. The summed E-state index contributed by atoms with van der Waals surface area (Å²) in [5.41, 5.74) is 1.11. The van der Waals surface area contributed by atoms with Crippen LogP contribution < -0.4 is 0 Å². The Morgan fingerprint density at radius 2 is 2.15 bits per heavy atom. The van der Waals surface area contributed by atoms with E-state index in [1.807, 2.05) is 30.3 Å². The average molecular weight is 193 g/mol. The van der Waals surface area contributed by atoms with Crippen LogP contribution in [0.25, 0.3) is 0 Å². The van der Waals surface area contributed by atoms with Crippen LogP contribution >= 0.6 is 12.2 Å². The maximum atomic E-state index is 5.26. The SMILES string of the molecule is COC(CN=C=S)c1ccccc1. The lowest BCUT2D eigenvalue weighted by atomic mass is 10.1. The first-order valence-electron chi connectivity index (χ1n) is 4.00. The van der Waals surface area contributed by atoms with E-state index in [1.165, 1.54) is 0 Å². The molecule has 3 heteroatoms. The molecule has 1 atom stereocenters. The van der Waals surface area contributed by atoms with Gasteiger partial charge >= 0.3 is 0 Å². The molecule has 0 radical (unpaired) electrons. The van der Waals surface area contributed by atoms with E-state index in [2.05, 4.69) is 22.4 Å². The standard InChI is InChI=1S/C10H11NOS/c1-12-10(7-11-8-13)9-5-3-2-4-6-9/h2-6,10H,7H2,1H3. The van der Waals surface area contributed by atoms with Crippen molar-refractivity contribution in [3.8, 4) is 0 Å². The van der Waals surface area contributed by atoms with Crippen molar-refractivity contribution in [2.24, 2.45) is 4.99 Å². The van der Waals surface area contributed by atoms with Crippen molar-refractivity contribution < 1.29 is 4.74 Å². The molecular formula is C10H11NOS. The molecule has 0 fully saturated rings. The molecule has 0 N–H and O–H groups in total. The molecule has 2 nitrogen and oxygen atoms in total. The molecule has 68 valence electrons. The fourth-order valence-electron chi connectivity index (χ4n) is 1.10. The summed E-state index contributed by atoms with van der Waals surface area (Å²) in [7, 11) is 1.66. The van der Waals surface area contributed by atoms with Crippen molar-refractivity contribution in [2.45, 2.75) is 6.10 Å². The Kier molecular flexibility index (Phi) is 4.33. The van der Waals surface area contributed by atoms with E-state index in [-0.39, 0.29) is 6.10 Å². The van der Waals surface area contributed by atoms with Crippen LogP contribution in [0.2, 0.25) is 0 Å². The Bertz CT molecular complexity index is 293. The lowest BCUT2D eigenvalue weighted by molar-refractivity contribution is 0.111. The molecule has 1 rings (SSSR count). The van der Waals surface area contributed by atoms with E-state index in [4.69, 9.17) is 4.74 Å². The van der Waals surface area contributed by atoms with Crippen LogP contribution in [0.4, 0.5) is 0 Å². The summed E-state index contributed by atoms with van der Waals surface area (Å²) < 4.78 is 5.26. The molecule has 0 heterocycles. The van der Waals surface area contributed by atoms with Gasteiger partial charge in [0.25, 0.3) is 0 Å². The molecule has 0 saturated heterocycles. The van der Waals surface area contributed by atoms with Crippen LogP contribution in [-0.4, -0.2) is 18.8 Å². The third kappa shape index (κ3) is 3.07. The first-order valence-corrected chi connectivity index (χ1v) is 4.40. The number of rotatable bonds is 4. The Hall–Kier alpha value is -1.02. The lowest BCUT2D eigenvalue weighted by Crippen LogP contribution is -2.04. The third-order valence-electron chi connectivity index (χ3n) is 1.78. The Morgan fingerprint density at radius 3 is 2.69 bits per heavy atom. The smallest absolute Gasteiger partial charge is 0.102 e. The van der Waals surface area contributed by atoms with Crippen LogP contribution in [0, 0.1) is 0 Å². The van der Waals surface area contributed by atoms with Crippen molar-refractivity contribution in [1.82, 2.24) is 0 Å². The maximum Gasteiger partial charge on any atom is 0.102 e. The van der Waals surface area contributed by atoms with Crippen molar-refractivity contribution >= 4 is 17.4 Å². The Morgan fingerprint density at radius 1 is 1.46 bits per heavy atom. The highest BCUT2D eigenvalue weighted by Gasteiger charge is 2.07. The molecule has 0 aliphatic rings. The number of methoxy groups -OCH3 is 1. The number of benzene rings is 1. The normalized spacial score (nSPS) is 11.8. The summed E-state index contributed by atoms with van der Waals surface area (Å²) in [4.78, 5) is 3.86. The monoisotopic (exact) mass is 193 g/mol. The predicted octanol–water partition coefficient (Wildman–Crippen LogP) is 2.48. The molecular weight excluding hydrogens is 182 g/mol. The quantitative estimate of drug-likeness (QED) is 0.541. The molecule has 0 aliphatic carbocycles. The zero-order chi connectivity index (χ0) is 9.52. The number of ether oxygens (including phenoxy) is 1. The third-order valence-corrected chi connectivity index (χ3v) is 1.91. The fraction of sp³-hybridized carbons (Fsp3) is 0.300. The van der Waals surface area contributed by atoms with Gasteiger partial charge in [0.1, 0.15) is 6.10 Å². The summed E-state index contributed by atoms with van der Waals surface area (Å²) in [5, 5.41) is 2.33. The summed E-state index contributed by atoms with van der Waals surface area (Å²) in [5.74, 6) is 0. The zero-order valence-corrected chi connectivity index (χ0v) is 8.25. The van der Waals surface area contributed by atoms with Crippen LogP contribution in [0.1, 0.15) is 11.7 Å². The van der Waals surface area contributed by atoms with Gasteiger partial charge in [-0.1, -0.05) is 30.3 Å². The molecule has 13 heavy (non-hydrogen) atoms. The first kappa shape index (κ1) is 10.1. The molecule has 0 spiro atoms. The second-order valence-corrected chi connectivity index (χ2v) is 2.75. The van der Waals surface area contributed by atoms with Gasteiger partial charge in [0.05, 0.1) is 11.7 Å². The second kappa shape index (κ2) is 5.60. The number of nitrogens with zero attached hydrogens (tertiary/aromatic N) is 1. The van der Waals surface area contributed by atoms with Gasteiger partial charge < -0.3 is 4.74 Å². The van der Waals surface area contributed by atoms with Crippen molar-refractivity contribution in [1.29, 1.82) is 0 Å². The lowest BCUT2D eigenvalue weighted by Gasteiger charge is -2.11. The fourth-order valence-corrected chi connectivity index (χ4v) is 1.18. The Balaban J connectivity index is 2.72. The summed E-state index contributed by atoms with van der Waals surface area (Å²) in [6, 6.07) is 9.93. The van der Waals surface area contributed by atoms with Crippen LogP contribution in [0.5, 0.6) is 0 Å². The van der Waals surface area contributed by atoms with E-state index in [1.54, 1.807) is 7.11 Å². The number of isothiocyanates is 1. The van der Waals surface area contributed by atoms with E-state index < -0.39 is 0 Å². The van der Waals surface area contributed by atoms with Gasteiger partial charge in [0.2, 0.25) is 0 Å². The minimum absolute atomic E-state index is 0.0170. The number of thiocarbonyl (C=S) groups is 1. The molecule has 0 aromatic heterocycles. The number of aliphatic imine (C=N–C) groups is 1. The van der Waals surface area contributed by atoms with Gasteiger partial charge in [-0.05, 0) is 17.8 Å². The van der Waals surface area contributed by atoms with Gasteiger partial charge in [0.15, 0.2) is 0 Å². The van der Waals surface area contributed by atoms with Gasteiger partial charge in [-0.15, -0.1) is 0 Å². The maximum absolute atomic E-state index is 5.26. The second-order valence-electron chi connectivity index (χ2n) is 2.57. The predicted molar refractivity (Wildman–Crippen MR) is 56.1 cm³/mol. The Labute approximate surface area is 83.3 Å². The van der Waals surface area contributed by atoms with Gasteiger partial charge in [-0.25, -0.2) is 4.99 Å². The molecule has 1 aromatic rings. The van der Waals surface area contributed by atoms with Crippen molar-refractivity contribution in [2.75, 3.05) is 13.7 Å². The van der Waals surface area contributed by atoms with Crippen molar-refractivity contribution in [3.05, 3.63) is 35.9 Å². The van der Waals surface area contributed by atoms with Crippen LogP contribution in [-0.2, 0) is 4.74 Å². The highest BCUT2D eigenvalue weighted by molar-refractivity contribution is 7.78. The highest BCUT2D eigenvalue weighted by atomic mass is 32.1. The van der Waals surface area contributed by atoms with Gasteiger partial charge in [-0.2, -0.15) is 0 Å². The van der Waals surface area contributed by atoms with Crippen LogP contribution in [0.15, 0.2) is 35.3 Å².